The summed E-state index contributed by atoms with van der Waals surface area (Å²) in [7, 11) is 0. The highest BCUT2D eigenvalue weighted by Crippen LogP contribution is 2.39. The van der Waals surface area contributed by atoms with E-state index in [0.29, 0.717) is 30.3 Å². The van der Waals surface area contributed by atoms with Crippen LogP contribution in [-0.2, 0) is 16.0 Å². The Morgan fingerprint density at radius 2 is 2.17 bits per heavy atom. The van der Waals surface area contributed by atoms with E-state index >= 15 is 4.39 Å². The minimum Gasteiger partial charge on any atom is -0.443 e. The molecule has 2 saturated carbocycles. The van der Waals surface area contributed by atoms with Gasteiger partial charge in [0.05, 0.1) is 18.9 Å². The monoisotopic (exact) mass is 498 g/mol. The number of hydrogen-bond acceptors (Lipinski definition) is 8. The minimum atomic E-state index is -1.30. The average Bonchev–Trinajstić information content (AvgIpc) is 3.20. The van der Waals surface area contributed by atoms with Gasteiger partial charge in [-0.1, -0.05) is 0 Å². The van der Waals surface area contributed by atoms with Crippen LogP contribution in [-0.4, -0.2) is 79.7 Å². The summed E-state index contributed by atoms with van der Waals surface area (Å²) in [5, 5.41) is 13.3. The molecule has 192 valence electrons. The molecule has 3 atom stereocenters. The first kappa shape index (κ1) is 23.2. The van der Waals surface area contributed by atoms with Gasteiger partial charge in [0.25, 0.3) is 0 Å². The molecule has 0 unspecified atom stereocenters. The van der Waals surface area contributed by atoms with Crippen LogP contribution in [0, 0.1) is 0 Å². The summed E-state index contributed by atoms with van der Waals surface area (Å²) in [5.74, 6) is 0.685. The number of aromatic nitrogens is 5. The number of rotatable bonds is 7. The molecule has 0 spiro atoms. The minimum absolute atomic E-state index is 0.194. The van der Waals surface area contributed by atoms with Crippen molar-refractivity contribution in [1.29, 1.82) is 0 Å². The molecule has 1 amide bonds. The fourth-order valence-corrected chi connectivity index (χ4v) is 4.93. The van der Waals surface area contributed by atoms with Gasteiger partial charge >= 0.3 is 6.09 Å². The van der Waals surface area contributed by atoms with Gasteiger partial charge in [0, 0.05) is 55.2 Å². The maximum atomic E-state index is 15.2. The van der Waals surface area contributed by atoms with Crippen molar-refractivity contribution >= 4 is 23.5 Å². The Morgan fingerprint density at radius 1 is 1.33 bits per heavy atom. The summed E-state index contributed by atoms with van der Waals surface area (Å²) in [5.41, 5.74) is 2.20. The molecule has 3 aromatic rings. The van der Waals surface area contributed by atoms with Gasteiger partial charge in [-0.05, 0) is 38.7 Å². The largest absolute Gasteiger partial charge is 0.443 e. The van der Waals surface area contributed by atoms with Gasteiger partial charge in [-0.15, -0.1) is 0 Å². The number of carbonyl (C=O) groups excluding carboxylic acids is 1. The Balaban J connectivity index is 1.11. The SMILES string of the molecule is CC1(NC(=O)O[C@H]2CC[C@@H](c3cc(Nc4nccc5nc(CN6CCOCC6)cn45)n[nH]3)[C@H]2F)CC1. The maximum Gasteiger partial charge on any atom is 0.407 e. The van der Waals surface area contributed by atoms with Crippen LogP contribution < -0.4 is 10.6 Å². The van der Waals surface area contributed by atoms with E-state index < -0.39 is 24.3 Å². The Labute approximate surface area is 207 Å². The van der Waals surface area contributed by atoms with Crippen LogP contribution in [0.25, 0.3) is 5.65 Å². The summed E-state index contributed by atoms with van der Waals surface area (Å²) in [4.78, 5) is 23.6. The van der Waals surface area contributed by atoms with Gasteiger partial charge in [0.15, 0.2) is 5.82 Å². The van der Waals surface area contributed by atoms with E-state index in [2.05, 4.69) is 30.7 Å². The second kappa shape index (κ2) is 9.32. The molecule has 3 fully saturated rings. The van der Waals surface area contributed by atoms with Crippen molar-refractivity contribution < 1.29 is 18.7 Å². The van der Waals surface area contributed by atoms with E-state index in [-0.39, 0.29) is 5.54 Å². The Hall–Kier alpha value is -3.25. The number of amides is 1. The molecule has 36 heavy (non-hydrogen) atoms. The van der Waals surface area contributed by atoms with Gasteiger partial charge in [-0.25, -0.2) is 19.2 Å². The third kappa shape index (κ3) is 4.87. The molecular formula is C24H31FN8O3. The summed E-state index contributed by atoms with van der Waals surface area (Å²) in [6.07, 6.45) is 3.96. The number of fused-ring (bicyclic) bond motifs is 1. The number of nitrogens with one attached hydrogen (secondary N) is 3. The van der Waals surface area contributed by atoms with Crippen molar-refractivity contribution in [3.05, 3.63) is 35.9 Å². The zero-order chi connectivity index (χ0) is 24.7. The lowest BCUT2D eigenvalue weighted by Gasteiger charge is -2.25. The molecule has 2 aliphatic carbocycles. The van der Waals surface area contributed by atoms with Crippen LogP contribution in [0.15, 0.2) is 24.5 Å². The van der Waals surface area contributed by atoms with Crippen LogP contribution in [0.4, 0.5) is 21.0 Å². The normalized spacial score (nSPS) is 25.7. The standard InChI is InChI=1S/C24H31FN8O3/c1-24(5-6-24)29-23(34)36-18-3-2-16(21(18)25)17-12-19(31-30-17)28-22-26-7-4-20-27-15(14-33(20)22)13-32-8-10-35-11-9-32/h4,7,12,14,16,18,21H,2-3,5-6,8-11,13H2,1H3,(H,29,34)(H2,26,28,30,31)/t16-,18-,21+/m0/s1. The summed E-state index contributed by atoms with van der Waals surface area (Å²) < 4.78 is 27.9. The first-order valence-corrected chi connectivity index (χ1v) is 12.5. The van der Waals surface area contributed by atoms with Crippen molar-refractivity contribution in [3.63, 3.8) is 0 Å². The van der Waals surface area contributed by atoms with Crippen LogP contribution in [0.3, 0.4) is 0 Å². The van der Waals surface area contributed by atoms with E-state index in [9.17, 15) is 4.79 Å². The topological polar surface area (TPSA) is 122 Å². The molecule has 0 bridgehead atoms. The lowest BCUT2D eigenvalue weighted by Crippen LogP contribution is -2.38. The third-order valence-corrected chi connectivity index (χ3v) is 7.32. The molecule has 3 aliphatic rings. The molecule has 4 heterocycles. The zero-order valence-electron chi connectivity index (χ0n) is 20.2. The Morgan fingerprint density at radius 3 is 2.97 bits per heavy atom. The molecule has 1 saturated heterocycles. The smallest absolute Gasteiger partial charge is 0.407 e. The highest BCUT2D eigenvalue weighted by Gasteiger charge is 2.43. The van der Waals surface area contributed by atoms with Crippen LogP contribution in [0.1, 0.15) is 49.9 Å². The molecule has 3 aromatic heterocycles. The highest BCUT2D eigenvalue weighted by molar-refractivity contribution is 5.69. The fraction of sp³-hybridized carbons (Fsp3) is 0.583. The lowest BCUT2D eigenvalue weighted by atomic mass is 10.0. The summed E-state index contributed by atoms with van der Waals surface area (Å²) in [6.45, 7) is 5.96. The van der Waals surface area contributed by atoms with Crippen molar-refractivity contribution in [2.75, 3.05) is 31.6 Å². The van der Waals surface area contributed by atoms with E-state index in [1.807, 2.05) is 23.6 Å². The molecule has 6 rings (SSSR count). The first-order chi connectivity index (χ1) is 17.5. The van der Waals surface area contributed by atoms with Crippen molar-refractivity contribution in [2.24, 2.45) is 0 Å². The summed E-state index contributed by atoms with van der Waals surface area (Å²) >= 11 is 0. The number of hydrogen-bond donors (Lipinski definition) is 3. The fourth-order valence-electron chi connectivity index (χ4n) is 4.93. The van der Waals surface area contributed by atoms with Crippen LogP contribution in [0.2, 0.25) is 0 Å². The van der Waals surface area contributed by atoms with Crippen molar-refractivity contribution in [3.8, 4) is 0 Å². The quantitative estimate of drug-likeness (QED) is 0.455. The predicted octanol–water partition coefficient (Wildman–Crippen LogP) is 2.89. The van der Waals surface area contributed by atoms with Gasteiger partial charge < -0.3 is 20.1 Å². The molecule has 1 aliphatic heterocycles. The van der Waals surface area contributed by atoms with Crippen molar-refractivity contribution in [1.82, 2.24) is 34.8 Å². The number of morpholine rings is 1. The van der Waals surface area contributed by atoms with E-state index in [4.69, 9.17) is 14.5 Å². The third-order valence-electron chi connectivity index (χ3n) is 7.32. The number of H-pyrrole nitrogens is 1. The number of imidazole rings is 1. The molecular weight excluding hydrogens is 467 g/mol. The number of halogens is 1. The van der Waals surface area contributed by atoms with Crippen molar-refractivity contribution in [2.45, 2.75) is 62.9 Å². The Bertz CT molecular complexity index is 1240. The van der Waals surface area contributed by atoms with Crippen LogP contribution >= 0.6 is 0 Å². The lowest BCUT2D eigenvalue weighted by molar-refractivity contribution is 0.0337. The van der Waals surface area contributed by atoms with E-state index in [1.54, 1.807) is 12.3 Å². The van der Waals surface area contributed by atoms with E-state index in [0.717, 1.165) is 57.0 Å². The predicted molar refractivity (Wildman–Crippen MR) is 129 cm³/mol. The number of aromatic amines is 1. The highest BCUT2D eigenvalue weighted by atomic mass is 19.1. The average molecular weight is 499 g/mol. The molecule has 0 aromatic carbocycles. The van der Waals surface area contributed by atoms with Gasteiger partial charge in [-0.2, -0.15) is 5.10 Å². The molecule has 12 heteroatoms. The second-order valence-electron chi connectivity index (χ2n) is 10.2. The summed E-state index contributed by atoms with van der Waals surface area (Å²) in [6, 6.07) is 3.65. The molecule has 11 nitrogen and oxygen atoms in total. The Kier molecular flexibility index (Phi) is 6.00. The van der Waals surface area contributed by atoms with Gasteiger partial charge in [0.2, 0.25) is 5.95 Å². The zero-order valence-corrected chi connectivity index (χ0v) is 20.2. The maximum absolute atomic E-state index is 15.2. The second-order valence-corrected chi connectivity index (χ2v) is 10.2. The number of anilines is 2. The number of alkyl carbamates (subject to hydrolysis) is 1. The number of alkyl halides is 1. The number of ether oxygens (including phenoxy) is 2. The van der Waals surface area contributed by atoms with Gasteiger partial charge in [-0.3, -0.25) is 14.4 Å². The van der Waals surface area contributed by atoms with E-state index in [1.165, 1.54) is 0 Å². The van der Waals surface area contributed by atoms with Crippen LogP contribution in [0.5, 0.6) is 0 Å². The molecule has 3 N–H and O–H groups in total. The number of carbonyl (C=O) groups is 1. The molecule has 0 radical (unpaired) electrons. The van der Waals surface area contributed by atoms with Gasteiger partial charge in [0.1, 0.15) is 17.9 Å². The first-order valence-electron chi connectivity index (χ1n) is 12.5. The number of nitrogens with zero attached hydrogens (tertiary/aromatic N) is 5.